The number of unbranched alkanes of at least 4 members (excludes halogenated alkanes) is 5. The van der Waals surface area contributed by atoms with Crippen molar-refractivity contribution >= 4 is 12.1 Å². The molecule has 0 spiro atoms. The second-order valence-electron chi connectivity index (χ2n) is 11.1. The monoisotopic (exact) mass is 653 g/mol. The van der Waals surface area contributed by atoms with Crippen LogP contribution in [-0.2, 0) is 52.2 Å². The van der Waals surface area contributed by atoms with Crippen LogP contribution in [-0.4, -0.2) is 137 Å². The Morgan fingerprint density at radius 1 is 0.489 bits per heavy atom. The minimum atomic E-state index is -0.512. The van der Waals surface area contributed by atoms with Gasteiger partial charge in [-0.25, -0.2) is 4.79 Å². The summed E-state index contributed by atoms with van der Waals surface area (Å²) in [6, 6.07) is 0. The molecular weight excluding hydrogens is 590 g/mol. The lowest BCUT2D eigenvalue weighted by molar-refractivity contribution is -0.145. The second-order valence-corrected chi connectivity index (χ2v) is 11.1. The maximum atomic E-state index is 11.7. The molecule has 45 heavy (non-hydrogen) atoms. The van der Waals surface area contributed by atoms with Gasteiger partial charge in [-0.05, 0) is 27.2 Å². The summed E-state index contributed by atoms with van der Waals surface area (Å²) in [6.45, 7) is 15.7. The van der Waals surface area contributed by atoms with Crippen molar-refractivity contribution in [2.24, 2.45) is 0 Å². The molecule has 0 fully saturated rings. The van der Waals surface area contributed by atoms with Crippen molar-refractivity contribution in [3.63, 3.8) is 0 Å². The number of rotatable bonds is 34. The third kappa shape index (κ3) is 38.5. The first-order valence-electron chi connectivity index (χ1n) is 16.6. The van der Waals surface area contributed by atoms with Crippen molar-refractivity contribution in [1.29, 1.82) is 0 Å². The molecule has 1 N–H and O–H groups in total. The van der Waals surface area contributed by atoms with Gasteiger partial charge in [-0.15, -0.1) is 0 Å². The Bertz CT molecular complexity index is 648. The Hall–Kier alpha value is -1.58. The first kappa shape index (κ1) is 43.4. The van der Waals surface area contributed by atoms with Crippen molar-refractivity contribution in [3.05, 3.63) is 0 Å². The Morgan fingerprint density at radius 2 is 0.844 bits per heavy atom. The van der Waals surface area contributed by atoms with E-state index in [0.717, 1.165) is 12.8 Å². The number of esters is 1. The molecule has 13 nitrogen and oxygen atoms in total. The summed E-state index contributed by atoms with van der Waals surface area (Å²) in [5, 5.41) is 2.63. The molecule has 1 amide bonds. The highest BCUT2D eigenvalue weighted by atomic mass is 16.6. The van der Waals surface area contributed by atoms with E-state index < -0.39 is 11.7 Å². The minimum absolute atomic E-state index is 0.147. The molecule has 0 aromatic heterocycles. The molecule has 0 aromatic carbocycles. The number of amides is 1. The van der Waals surface area contributed by atoms with Crippen molar-refractivity contribution < 1.29 is 57.0 Å². The second kappa shape index (κ2) is 33.8. The first-order chi connectivity index (χ1) is 21.8. The van der Waals surface area contributed by atoms with E-state index >= 15 is 0 Å². The topological polar surface area (TPSA) is 138 Å². The lowest BCUT2D eigenvalue weighted by Gasteiger charge is -2.19. The molecule has 13 heteroatoms. The standard InChI is InChI=1S/C32H63NO12/c1-5-6-7-8-9-10-11-30(34)44-29-28-43-27-26-42-25-24-41-23-22-40-21-20-39-19-18-38-17-16-37-15-14-36-13-12-33-31(35)45-32(2,3)4/h5-29H2,1-4H3,(H,33,35). The fraction of sp³-hybridized carbons (Fsp3) is 0.938. The van der Waals surface area contributed by atoms with Crippen LogP contribution in [0.15, 0.2) is 0 Å². The van der Waals surface area contributed by atoms with Crippen LogP contribution in [0.4, 0.5) is 4.79 Å². The predicted molar refractivity (Wildman–Crippen MR) is 170 cm³/mol. The number of hydrogen-bond acceptors (Lipinski definition) is 12. The van der Waals surface area contributed by atoms with Crippen LogP contribution in [0.3, 0.4) is 0 Å². The summed E-state index contributed by atoms with van der Waals surface area (Å²) < 4.78 is 53.8. The van der Waals surface area contributed by atoms with E-state index in [1.807, 2.05) is 20.8 Å². The van der Waals surface area contributed by atoms with Gasteiger partial charge in [-0.1, -0.05) is 39.0 Å². The lowest BCUT2D eigenvalue weighted by Crippen LogP contribution is -2.34. The highest BCUT2D eigenvalue weighted by Gasteiger charge is 2.15. The molecule has 0 radical (unpaired) electrons. The van der Waals surface area contributed by atoms with Gasteiger partial charge in [0.2, 0.25) is 0 Å². The molecule has 0 atom stereocenters. The van der Waals surface area contributed by atoms with Gasteiger partial charge in [0.25, 0.3) is 0 Å². The summed E-state index contributed by atoms with van der Waals surface area (Å²) >= 11 is 0. The van der Waals surface area contributed by atoms with Gasteiger partial charge >= 0.3 is 12.1 Å². The van der Waals surface area contributed by atoms with Crippen molar-refractivity contribution in [1.82, 2.24) is 5.32 Å². The molecule has 0 aliphatic heterocycles. The summed E-state index contributed by atoms with van der Waals surface area (Å²) in [5.74, 6) is -0.147. The third-order valence-corrected chi connectivity index (χ3v) is 5.74. The maximum absolute atomic E-state index is 11.7. The highest BCUT2D eigenvalue weighted by Crippen LogP contribution is 2.07. The van der Waals surface area contributed by atoms with Crippen LogP contribution < -0.4 is 5.32 Å². The number of alkyl carbamates (subject to hydrolysis) is 1. The van der Waals surface area contributed by atoms with E-state index in [9.17, 15) is 9.59 Å². The zero-order valence-electron chi connectivity index (χ0n) is 28.6. The molecule has 0 rings (SSSR count). The highest BCUT2D eigenvalue weighted by molar-refractivity contribution is 5.69. The summed E-state index contributed by atoms with van der Waals surface area (Å²) in [6.07, 6.45) is 6.95. The maximum Gasteiger partial charge on any atom is 0.407 e. The average molecular weight is 654 g/mol. The SMILES string of the molecule is CCCCCCCCC(=O)OCCOCCOCCOCCOCCOCCOCCOCCOCCNC(=O)OC(C)(C)C. The molecule has 0 bridgehead atoms. The van der Waals surface area contributed by atoms with Crippen LogP contribution in [0.5, 0.6) is 0 Å². The summed E-state index contributed by atoms with van der Waals surface area (Å²) in [5.41, 5.74) is -0.512. The van der Waals surface area contributed by atoms with Gasteiger partial charge in [-0.3, -0.25) is 4.79 Å². The number of nitrogens with one attached hydrogen (secondary N) is 1. The summed E-state index contributed by atoms with van der Waals surface area (Å²) in [4.78, 5) is 23.1. The van der Waals surface area contributed by atoms with E-state index in [2.05, 4.69) is 12.2 Å². The molecule has 0 aliphatic rings. The Labute approximate surface area is 271 Å². The van der Waals surface area contributed by atoms with E-state index in [-0.39, 0.29) is 12.6 Å². The normalized spacial score (nSPS) is 11.6. The number of carbonyl (C=O) groups is 2. The van der Waals surface area contributed by atoms with E-state index in [0.29, 0.717) is 119 Å². The van der Waals surface area contributed by atoms with Gasteiger partial charge < -0.3 is 52.7 Å². The van der Waals surface area contributed by atoms with Crippen LogP contribution in [0.1, 0.15) is 72.6 Å². The van der Waals surface area contributed by atoms with Crippen molar-refractivity contribution in [2.45, 2.75) is 78.2 Å². The number of carbonyl (C=O) groups excluding carboxylic acids is 2. The molecule has 0 heterocycles. The van der Waals surface area contributed by atoms with Gasteiger partial charge in [-0.2, -0.15) is 0 Å². The summed E-state index contributed by atoms with van der Waals surface area (Å²) in [7, 11) is 0. The van der Waals surface area contributed by atoms with Gasteiger partial charge in [0.05, 0.1) is 106 Å². The number of ether oxygens (including phenoxy) is 10. The molecular formula is C32H63NO12. The van der Waals surface area contributed by atoms with Crippen LogP contribution in [0.25, 0.3) is 0 Å². The molecule has 268 valence electrons. The van der Waals surface area contributed by atoms with Crippen LogP contribution in [0, 0.1) is 0 Å². The quantitative estimate of drug-likeness (QED) is 0.0795. The van der Waals surface area contributed by atoms with Gasteiger partial charge in [0.1, 0.15) is 12.2 Å². The molecule has 0 unspecified atom stereocenters. The molecule has 0 saturated carbocycles. The average Bonchev–Trinajstić information content (AvgIpc) is 2.99. The van der Waals surface area contributed by atoms with E-state index in [1.54, 1.807) is 0 Å². The van der Waals surface area contributed by atoms with Crippen LogP contribution in [0.2, 0.25) is 0 Å². The smallest absolute Gasteiger partial charge is 0.407 e. The number of hydrogen-bond donors (Lipinski definition) is 1. The molecule has 0 aromatic rings. The minimum Gasteiger partial charge on any atom is -0.463 e. The largest absolute Gasteiger partial charge is 0.463 e. The molecule has 0 aliphatic carbocycles. The van der Waals surface area contributed by atoms with Crippen LogP contribution >= 0.6 is 0 Å². The van der Waals surface area contributed by atoms with E-state index in [1.165, 1.54) is 25.7 Å². The van der Waals surface area contributed by atoms with Gasteiger partial charge in [0.15, 0.2) is 0 Å². The van der Waals surface area contributed by atoms with Crippen molar-refractivity contribution in [3.8, 4) is 0 Å². The fourth-order valence-corrected chi connectivity index (χ4v) is 3.52. The fourth-order valence-electron chi connectivity index (χ4n) is 3.52. The Morgan fingerprint density at radius 3 is 1.24 bits per heavy atom. The zero-order valence-corrected chi connectivity index (χ0v) is 28.6. The van der Waals surface area contributed by atoms with E-state index in [4.69, 9.17) is 47.4 Å². The third-order valence-electron chi connectivity index (χ3n) is 5.74. The predicted octanol–water partition coefficient (Wildman–Crippen LogP) is 3.94. The van der Waals surface area contributed by atoms with Gasteiger partial charge in [0, 0.05) is 13.0 Å². The lowest BCUT2D eigenvalue weighted by atomic mass is 10.1. The van der Waals surface area contributed by atoms with Crippen molar-refractivity contribution in [2.75, 3.05) is 119 Å². The molecule has 0 saturated heterocycles. The first-order valence-corrected chi connectivity index (χ1v) is 16.6. The zero-order chi connectivity index (χ0) is 33.1. The Balaban J connectivity index is 3.15. The Kier molecular flexibility index (Phi) is 32.6.